The molecule has 1 aliphatic heterocycles. The van der Waals surface area contributed by atoms with Crippen LogP contribution in [0.25, 0.3) is 0 Å². The van der Waals surface area contributed by atoms with Crippen molar-refractivity contribution in [3.63, 3.8) is 0 Å². The van der Waals surface area contributed by atoms with Crippen LogP contribution in [-0.4, -0.2) is 28.9 Å². The Labute approximate surface area is 89.6 Å². The first-order valence-electron chi connectivity index (χ1n) is 5.15. The molecule has 0 aromatic carbocycles. The number of amides is 1. The SMILES string of the molecule is CC1CC(C(=O)N2CCC2)(C(N)=S)C1. The molecule has 0 aromatic heterocycles. The van der Waals surface area contributed by atoms with E-state index >= 15 is 0 Å². The van der Waals surface area contributed by atoms with Gasteiger partial charge in [0.25, 0.3) is 0 Å². The molecule has 1 saturated carbocycles. The van der Waals surface area contributed by atoms with Gasteiger partial charge in [0.05, 0.1) is 10.4 Å². The normalized spacial score (nSPS) is 35.8. The highest BCUT2D eigenvalue weighted by Gasteiger charge is 2.53. The Morgan fingerprint density at radius 1 is 1.50 bits per heavy atom. The maximum atomic E-state index is 12.1. The molecule has 0 spiro atoms. The molecule has 1 aliphatic carbocycles. The zero-order chi connectivity index (χ0) is 10.3. The Balaban J connectivity index is 2.11. The van der Waals surface area contributed by atoms with Crippen LogP contribution in [-0.2, 0) is 4.79 Å². The van der Waals surface area contributed by atoms with E-state index in [0.29, 0.717) is 10.9 Å². The van der Waals surface area contributed by atoms with E-state index in [4.69, 9.17) is 18.0 Å². The van der Waals surface area contributed by atoms with Gasteiger partial charge < -0.3 is 10.6 Å². The summed E-state index contributed by atoms with van der Waals surface area (Å²) in [6, 6.07) is 0. The molecule has 78 valence electrons. The molecule has 0 radical (unpaired) electrons. The predicted octanol–water partition coefficient (Wildman–Crippen LogP) is 0.921. The summed E-state index contributed by atoms with van der Waals surface area (Å²) in [5, 5.41) is 0. The molecule has 0 aromatic rings. The van der Waals surface area contributed by atoms with Gasteiger partial charge in [-0.3, -0.25) is 4.79 Å². The molecule has 1 saturated heterocycles. The lowest BCUT2D eigenvalue weighted by atomic mass is 9.61. The summed E-state index contributed by atoms with van der Waals surface area (Å²) < 4.78 is 0. The fraction of sp³-hybridized carbons (Fsp3) is 0.800. The lowest BCUT2D eigenvalue weighted by Gasteiger charge is -2.48. The van der Waals surface area contributed by atoms with E-state index in [1.807, 2.05) is 4.90 Å². The molecule has 14 heavy (non-hydrogen) atoms. The second kappa shape index (κ2) is 3.19. The van der Waals surface area contributed by atoms with Crippen LogP contribution < -0.4 is 5.73 Å². The summed E-state index contributed by atoms with van der Waals surface area (Å²) in [5.41, 5.74) is 5.22. The highest BCUT2D eigenvalue weighted by Crippen LogP contribution is 2.47. The van der Waals surface area contributed by atoms with Gasteiger partial charge in [0.1, 0.15) is 0 Å². The monoisotopic (exact) mass is 212 g/mol. The minimum Gasteiger partial charge on any atom is -0.392 e. The summed E-state index contributed by atoms with van der Waals surface area (Å²) in [7, 11) is 0. The van der Waals surface area contributed by atoms with Crippen molar-refractivity contribution in [2.75, 3.05) is 13.1 Å². The third-order valence-electron chi connectivity index (χ3n) is 3.42. The molecule has 1 amide bonds. The second-order valence-electron chi connectivity index (χ2n) is 4.61. The highest BCUT2D eigenvalue weighted by molar-refractivity contribution is 7.80. The highest BCUT2D eigenvalue weighted by atomic mass is 32.1. The van der Waals surface area contributed by atoms with Gasteiger partial charge in [-0.25, -0.2) is 0 Å². The van der Waals surface area contributed by atoms with Crippen LogP contribution in [0.1, 0.15) is 26.2 Å². The molecule has 4 heteroatoms. The lowest BCUT2D eigenvalue weighted by molar-refractivity contribution is -0.147. The number of hydrogen-bond acceptors (Lipinski definition) is 2. The lowest BCUT2D eigenvalue weighted by Crippen LogP contribution is -2.59. The third-order valence-corrected chi connectivity index (χ3v) is 3.81. The Bertz CT molecular complexity index is 280. The maximum Gasteiger partial charge on any atom is 0.235 e. The zero-order valence-electron chi connectivity index (χ0n) is 8.45. The van der Waals surface area contributed by atoms with Crippen LogP contribution in [0.3, 0.4) is 0 Å². The van der Waals surface area contributed by atoms with Crippen molar-refractivity contribution in [2.24, 2.45) is 17.1 Å². The van der Waals surface area contributed by atoms with Gasteiger partial charge >= 0.3 is 0 Å². The molecule has 0 atom stereocenters. The summed E-state index contributed by atoms with van der Waals surface area (Å²) in [4.78, 5) is 14.4. The fourth-order valence-corrected chi connectivity index (χ4v) is 2.69. The maximum absolute atomic E-state index is 12.1. The molecule has 2 fully saturated rings. The van der Waals surface area contributed by atoms with Gasteiger partial charge in [-0.1, -0.05) is 19.1 Å². The van der Waals surface area contributed by atoms with E-state index in [1.54, 1.807) is 0 Å². The van der Waals surface area contributed by atoms with Crippen molar-refractivity contribution in [1.29, 1.82) is 0 Å². The van der Waals surface area contributed by atoms with Crippen LogP contribution in [0.4, 0.5) is 0 Å². The quantitative estimate of drug-likeness (QED) is 0.692. The van der Waals surface area contributed by atoms with E-state index in [1.165, 1.54) is 0 Å². The number of nitrogens with zero attached hydrogens (tertiary/aromatic N) is 1. The van der Waals surface area contributed by atoms with Gasteiger partial charge in [0.2, 0.25) is 5.91 Å². The first-order valence-corrected chi connectivity index (χ1v) is 5.56. The molecular formula is C10H16N2OS. The summed E-state index contributed by atoms with van der Waals surface area (Å²) in [6.07, 6.45) is 2.81. The average Bonchev–Trinajstić information content (AvgIpc) is 1.93. The van der Waals surface area contributed by atoms with E-state index in [-0.39, 0.29) is 5.91 Å². The van der Waals surface area contributed by atoms with Crippen molar-refractivity contribution < 1.29 is 4.79 Å². The Morgan fingerprint density at radius 3 is 2.36 bits per heavy atom. The minimum atomic E-state index is -0.477. The summed E-state index contributed by atoms with van der Waals surface area (Å²) in [6.45, 7) is 3.91. The van der Waals surface area contributed by atoms with Gasteiger partial charge in [-0.05, 0) is 25.2 Å². The summed E-state index contributed by atoms with van der Waals surface area (Å²) in [5.74, 6) is 0.760. The average molecular weight is 212 g/mol. The summed E-state index contributed by atoms with van der Waals surface area (Å²) >= 11 is 5.03. The van der Waals surface area contributed by atoms with Crippen LogP contribution in [0.5, 0.6) is 0 Å². The van der Waals surface area contributed by atoms with E-state index in [2.05, 4.69) is 6.92 Å². The molecule has 0 unspecified atom stereocenters. The molecule has 0 bridgehead atoms. The topological polar surface area (TPSA) is 46.3 Å². The smallest absolute Gasteiger partial charge is 0.235 e. The third kappa shape index (κ3) is 1.24. The van der Waals surface area contributed by atoms with Crippen LogP contribution in [0.15, 0.2) is 0 Å². The van der Waals surface area contributed by atoms with Gasteiger partial charge in [-0.2, -0.15) is 0 Å². The van der Waals surface area contributed by atoms with Crippen molar-refractivity contribution in [2.45, 2.75) is 26.2 Å². The van der Waals surface area contributed by atoms with Crippen LogP contribution >= 0.6 is 12.2 Å². The van der Waals surface area contributed by atoms with Gasteiger partial charge in [-0.15, -0.1) is 0 Å². The Kier molecular flexibility index (Phi) is 2.26. The number of nitrogens with two attached hydrogens (primary N) is 1. The molecule has 2 N–H and O–H groups in total. The number of carbonyl (C=O) groups excluding carboxylic acids is 1. The van der Waals surface area contributed by atoms with E-state index < -0.39 is 5.41 Å². The first-order chi connectivity index (χ1) is 6.56. The van der Waals surface area contributed by atoms with Crippen molar-refractivity contribution in [3.8, 4) is 0 Å². The molecule has 1 heterocycles. The molecule has 2 aliphatic rings. The second-order valence-corrected chi connectivity index (χ2v) is 5.05. The zero-order valence-corrected chi connectivity index (χ0v) is 9.27. The largest absolute Gasteiger partial charge is 0.392 e. The number of likely N-dealkylation sites (tertiary alicyclic amines) is 1. The minimum absolute atomic E-state index is 0.175. The van der Waals surface area contributed by atoms with E-state index in [0.717, 1.165) is 32.4 Å². The van der Waals surface area contributed by atoms with Crippen molar-refractivity contribution in [1.82, 2.24) is 4.90 Å². The standard InChI is InChI=1S/C10H16N2OS/c1-7-5-10(6-7,8(11)14)9(13)12-3-2-4-12/h7H,2-6H2,1H3,(H2,11,14). The number of carbonyl (C=O) groups is 1. The Morgan fingerprint density at radius 2 is 2.07 bits per heavy atom. The first kappa shape index (κ1) is 9.90. The van der Waals surface area contributed by atoms with Crippen LogP contribution in [0, 0.1) is 11.3 Å². The molecule has 2 rings (SSSR count). The van der Waals surface area contributed by atoms with Crippen molar-refractivity contribution in [3.05, 3.63) is 0 Å². The fourth-order valence-electron chi connectivity index (χ4n) is 2.43. The van der Waals surface area contributed by atoms with Gasteiger partial charge in [0, 0.05) is 13.1 Å². The predicted molar refractivity (Wildman–Crippen MR) is 58.8 cm³/mol. The Hall–Kier alpha value is -0.640. The van der Waals surface area contributed by atoms with E-state index in [9.17, 15) is 4.79 Å². The number of hydrogen-bond donors (Lipinski definition) is 1. The molecular weight excluding hydrogens is 196 g/mol. The van der Waals surface area contributed by atoms with Crippen LogP contribution in [0.2, 0.25) is 0 Å². The number of rotatable bonds is 2. The molecule has 3 nitrogen and oxygen atoms in total. The number of thiocarbonyl (C=S) groups is 1. The van der Waals surface area contributed by atoms with Crippen molar-refractivity contribution >= 4 is 23.1 Å². The van der Waals surface area contributed by atoms with Gasteiger partial charge in [0.15, 0.2) is 0 Å².